The van der Waals surface area contributed by atoms with Gasteiger partial charge >= 0.3 is 6.03 Å². The van der Waals surface area contributed by atoms with Gasteiger partial charge in [0, 0.05) is 57.7 Å². The standard InChI is InChI=1S/C15H24N6O3S/c1-25(23,24)21-7-3-13(4-8-21)18-15(22)20-11-9-19(10-12-20)14-16-5-2-6-17-14/h2,5-6,13H,3-4,7-12H2,1H3,(H,18,22). The number of rotatable bonds is 3. The van der Waals surface area contributed by atoms with Crippen molar-refractivity contribution >= 4 is 22.0 Å². The van der Waals surface area contributed by atoms with Gasteiger partial charge in [0.25, 0.3) is 0 Å². The number of hydrogen-bond donors (Lipinski definition) is 1. The number of amides is 2. The van der Waals surface area contributed by atoms with Crippen molar-refractivity contribution in [2.75, 3.05) is 50.4 Å². The lowest BCUT2D eigenvalue weighted by atomic mass is 10.1. The van der Waals surface area contributed by atoms with Crippen molar-refractivity contribution in [1.29, 1.82) is 0 Å². The normalized spacial score (nSPS) is 20.5. The van der Waals surface area contributed by atoms with Crippen molar-refractivity contribution < 1.29 is 13.2 Å². The molecule has 10 heteroatoms. The third-order valence-corrected chi connectivity index (χ3v) is 5.96. The first-order chi connectivity index (χ1) is 11.9. The zero-order chi connectivity index (χ0) is 17.9. The van der Waals surface area contributed by atoms with Gasteiger partial charge in [-0.1, -0.05) is 0 Å². The Morgan fingerprint density at radius 2 is 1.68 bits per heavy atom. The van der Waals surface area contributed by atoms with E-state index in [9.17, 15) is 13.2 Å². The molecule has 9 nitrogen and oxygen atoms in total. The quantitative estimate of drug-likeness (QED) is 0.789. The predicted octanol–water partition coefficient (Wildman–Crippen LogP) is -0.268. The molecule has 0 aliphatic carbocycles. The molecular weight excluding hydrogens is 344 g/mol. The van der Waals surface area contributed by atoms with Crippen LogP contribution in [0.2, 0.25) is 0 Å². The van der Waals surface area contributed by atoms with E-state index < -0.39 is 10.0 Å². The number of nitrogens with zero attached hydrogens (tertiary/aromatic N) is 5. The molecule has 0 spiro atoms. The number of sulfonamides is 1. The van der Waals surface area contributed by atoms with Gasteiger partial charge in [-0.25, -0.2) is 27.5 Å². The molecule has 0 unspecified atom stereocenters. The van der Waals surface area contributed by atoms with E-state index in [1.165, 1.54) is 10.6 Å². The molecule has 2 fully saturated rings. The van der Waals surface area contributed by atoms with Gasteiger partial charge in [0.2, 0.25) is 16.0 Å². The van der Waals surface area contributed by atoms with Gasteiger partial charge < -0.3 is 15.1 Å². The highest BCUT2D eigenvalue weighted by Crippen LogP contribution is 2.14. The van der Waals surface area contributed by atoms with Crippen LogP contribution >= 0.6 is 0 Å². The summed E-state index contributed by atoms with van der Waals surface area (Å²) in [5.41, 5.74) is 0. The van der Waals surface area contributed by atoms with Gasteiger partial charge in [-0.2, -0.15) is 0 Å². The lowest BCUT2D eigenvalue weighted by Gasteiger charge is -2.36. The molecular formula is C15H24N6O3S. The third kappa shape index (κ3) is 4.57. The van der Waals surface area contributed by atoms with E-state index in [-0.39, 0.29) is 12.1 Å². The van der Waals surface area contributed by atoms with Crippen LogP contribution < -0.4 is 10.2 Å². The minimum atomic E-state index is -3.14. The number of carbonyl (C=O) groups excluding carboxylic acids is 1. The van der Waals surface area contributed by atoms with Crippen LogP contribution in [0, 0.1) is 0 Å². The van der Waals surface area contributed by atoms with Crippen molar-refractivity contribution in [2.24, 2.45) is 0 Å². The van der Waals surface area contributed by atoms with E-state index in [2.05, 4.69) is 20.2 Å². The van der Waals surface area contributed by atoms with Crippen LogP contribution in [0.1, 0.15) is 12.8 Å². The number of anilines is 1. The topological polar surface area (TPSA) is 98.7 Å². The Morgan fingerprint density at radius 3 is 2.24 bits per heavy atom. The Kier molecular flexibility index (Phi) is 5.38. The van der Waals surface area contributed by atoms with Crippen LogP contribution in [-0.2, 0) is 10.0 Å². The molecule has 3 rings (SSSR count). The molecule has 0 radical (unpaired) electrons. The van der Waals surface area contributed by atoms with E-state index in [0.29, 0.717) is 58.1 Å². The first kappa shape index (κ1) is 17.9. The summed E-state index contributed by atoms with van der Waals surface area (Å²) < 4.78 is 24.5. The molecule has 1 aromatic heterocycles. The smallest absolute Gasteiger partial charge is 0.317 e. The second kappa shape index (κ2) is 7.52. The van der Waals surface area contributed by atoms with Gasteiger partial charge in [0.15, 0.2) is 0 Å². The van der Waals surface area contributed by atoms with Gasteiger partial charge in [-0.3, -0.25) is 0 Å². The van der Waals surface area contributed by atoms with Crippen molar-refractivity contribution in [3.8, 4) is 0 Å². The van der Waals surface area contributed by atoms with Crippen molar-refractivity contribution in [3.05, 3.63) is 18.5 Å². The monoisotopic (exact) mass is 368 g/mol. The Morgan fingerprint density at radius 1 is 1.08 bits per heavy atom. The molecule has 25 heavy (non-hydrogen) atoms. The Bertz CT molecular complexity index is 682. The second-order valence-electron chi connectivity index (χ2n) is 6.41. The molecule has 2 amide bonds. The van der Waals surface area contributed by atoms with Gasteiger partial charge in [-0.05, 0) is 18.9 Å². The average Bonchev–Trinajstić information content (AvgIpc) is 2.62. The summed E-state index contributed by atoms with van der Waals surface area (Å²) >= 11 is 0. The average molecular weight is 368 g/mol. The van der Waals surface area contributed by atoms with Crippen LogP contribution in [0.5, 0.6) is 0 Å². The molecule has 1 N–H and O–H groups in total. The summed E-state index contributed by atoms with van der Waals surface area (Å²) in [5, 5.41) is 3.03. The highest BCUT2D eigenvalue weighted by atomic mass is 32.2. The molecule has 0 aromatic carbocycles. The Labute approximate surface area is 148 Å². The molecule has 138 valence electrons. The largest absolute Gasteiger partial charge is 0.337 e. The minimum Gasteiger partial charge on any atom is -0.337 e. The maximum Gasteiger partial charge on any atom is 0.317 e. The Balaban J connectivity index is 1.44. The molecule has 3 heterocycles. The van der Waals surface area contributed by atoms with Crippen LogP contribution in [0.15, 0.2) is 18.5 Å². The van der Waals surface area contributed by atoms with Crippen molar-refractivity contribution in [1.82, 2.24) is 24.5 Å². The van der Waals surface area contributed by atoms with Crippen LogP contribution in [0.4, 0.5) is 10.7 Å². The van der Waals surface area contributed by atoms with E-state index >= 15 is 0 Å². The fourth-order valence-electron chi connectivity index (χ4n) is 3.16. The summed E-state index contributed by atoms with van der Waals surface area (Å²) in [6.45, 7) is 3.55. The first-order valence-electron chi connectivity index (χ1n) is 8.46. The fourth-order valence-corrected chi connectivity index (χ4v) is 4.04. The number of urea groups is 1. The van der Waals surface area contributed by atoms with Crippen molar-refractivity contribution in [3.63, 3.8) is 0 Å². The van der Waals surface area contributed by atoms with Crippen LogP contribution in [-0.4, -0.2) is 85.2 Å². The summed E-state index contributed by atoms with van der Waals surface area (Å²) in [6, 6.07) is 1.73. The maximum absolute atomic E-state index is 12.4. The molecule has 0 atom stereocenters. The van der Waals surface area contributed by atoms with Gasteiger partial charge in [0.1, 0.15) is 0 Å². The van der Waals surface area contributed by atoms with Gasteiger partial charge in [-0.15, -0.1) is 0 Å². The third-order valence-electron chi connectivity index (χ3n) is 4.65. The van der Waals surface area contributed by atoms with E-state index in [4.69, 9.17) is 0 Å². The molecule has 0 bridgehead atoms. The SMILES string of the molecule is CS(=O)(=O)N1CCC(NC(=O)N2CCN(c3ncccn3)CC2)CC1. The van der Waals surface area contributed by atoms with Crippen molar-refractivity contribution in [2.45, 2.75) is 18.9 Å². The zero-order valence-electron chi connectivity index (χ0n) is 14.3. The summed E-state index contributed by atoms with van der Waals surface area (Å²) in [5.74, 6) is 0.690. The number of carbonyl (C=O) groups is 1. The number of hydrogen-bond acceptors (Lipinski definition) is 6. The minimum absolute atomic E-state index is 0.0287. The molecule has 0 saturated carbocycles. The highest BCUT2D eigenvalue weighted by molar-refractivity contribution is 7.88. The van der Waals surface area contributed by atoms with Crippen LogP contribution in [0.3, 0.4) is 0 Å². The molecule has 1 aromatic rings. The van der Waals surface area contributed by atoms with E-state index in [1.807, 2.05) is 0 Å². The fraction of sp³-hybridized carbons (Fsp3) is 0.667. The van der Waals surface area contributed by atoms with E-state index in [1.54, 1.807) is 23.4 Å². The summed E-state index contributed by atoms with van der Waals surface area (Å²) in [4.78, 5) is 24.7. The number of aromatic nitrogens is 2. The maximum atomic E-state index is 12.4. The number of piperazine rings is 1. The first-order valence-corrected chi connectivity index (χ1v) is 10.3. The zero-order valence-corrected chi connectivity index (χ0v) is 15.2. The van der Waals surface area contributed by atoms with Crippen LogP contribution in [0.25, 0.3) is 0 Å². The lowest BCUT2D eigenvalue weighted by Crippen LogP contribution is -2.55. The van der Waals surface area contributed by atoms with Gasteiger partial charge in [0.05, 0.1) is 6.26 Å². The number of piperidine rings is 1. The predicted molar refractivity (Wildman–Crippen MR) is 93.8 cm³/mol. The molecule has 2 aliphatic rings. The molecule has 2 aliphatic heterocycles. The Hall–Kier alpha value is -1.94. The lowest BCUT2D eigenvalue weighted by molar-refractivity contribution is 0.184. The van der Waals surface area contributed by atoms with E-state index in [0.717, 1.165) is 0 Å². The second-order valence-corrected chi connectivity index (χ2v) is 8.39. The molecule has 2 saturated heterocycles. The summed E-state index contributed by atoms with van der Waals surface area (Å²) in [7, 11) is -3.14. The summed E-state index contributed by atoms with van der Waals surface area (Å²) in [6.07, 6.45) is 5.95. The number of nitrogens with one attached hydrogen (secondary N) is 1. The highest BCUT2D eigenvalue weighted by Gasteiger charge is 2.28.